The van der Waals surface area contributed by atoms with Crippen molar-refractivity contribution in [3.8, 4) is 0 Å². The lowest BCUT2D eigenvalue weighted by atomic mass is 10.2. The van der Waals surface area contributed by atoms with E-state index in [2.05, 4.69) is 43.1 Å². The summed E-state index contributed by atoms with van der Waals surface area (Å²) < 4.78 is 0. The van der Waals surface area contributed by atoms with Crippen LogP contribution in [0.4, 0.5) is 5.69 Å². The van der Waals surface area contributed by atoms with Crippen LogP contribution in [-0.2, 0) is 11.3 Å². The minimum absolute atomic E-state index is 0.0820. The maximum absolute atomic E-state index is 12.5. The van der Waals surface area contributed by atoms with E-state index in [9.17, 15) is 9.59 Å². The van der Waals surface area contributed by atoms with Gasteiger partial charge < -0.3 is 10.2 Å². The van der Waals surface area contributed by atoms with Crippen molar-refractivity contribution in [2.24, 2.45) is 0 Å². The van der Waals surface area contributed by atoms with Gasteiger partial charge in [0, 0.05) is 47.7 Å². The molecular weight excluding hydrogens is 346 g/mol. The van der Waals surface area contributed by atoms with E-state index in [-0.39, 0.29) is 17.9 Å². The Balaban J connectivity index is 2.01. The Hall–Kier alpha value is -2.18. The van der Waals surface area contributed by atoms with Crippen LogP contribution in [-0.4, -0.2) is 48.3 Å². The first-order chi connectivity index (χ1) is 12.3. The molecule has 1 heterocycles. The molecule has 0 spiro atoms. The monoisotopic (exact) mass is 373 g/mol. The Labute approximate surface area is 159 Å². The molecule has 0 unspecified atom stereocenters. The summed E-state index contributed by atoms with van der Waals surface area (Å²) in [5, 5.41) is 2.90. The zero-order chi connectivity index (χ0) is 19.3. The number of benzene rings is 1. The third-order valence-electron chi connectivity index (χ3n) is 4.03. The summed E-state index contributed by atoms with van der Waals surface area (Å²) in [5.74, 6) is -0.167. The third-order valence-corrected chi connectivity index (χ3v) is 5.02. The third kappa shape index (κ3) is 5.68. The Morgan fingerprint density at radius 2 is 1.88 bits per heavy atom. The molecule has 1 N–H and O–H groups in total. The van der Waals surface area contributed by atoms with Crippen LogP contribution in [0.25, 0.3) is 0 Å². The molecule has 2 rings (SSSR count). The fourth-order valence-corrected chi connectivity index (χ4v) is 3.48. The van der Waals surface area contributed by atoms with Gasteiger partial charge in [0.2, 0.25) is 5.91 Å². The van der Waals surface area contributed by atoms with Crippen LogP contribution in [0.5, 0.6) is 0 Å². The minimum Gasteiger partial charge on any atom is -0.345 e. The van der Waals surface area contributed by atoms with Crippen molar-refractivity contribution < 1.29 is 9.59 Å². The molecule has 0 aliphatic rings. The maximum Gasteiger partial charge on any atom is 0.253 e. The van der Waals surface area contributed by atoms with Gasteiger partial charge in [-0.3, -0.25) is 14.5 Å². The summed E-state index contributed by atoms with van der Waals surface area (Å²) in [4.78, 5) is 30.7. The molecule has 0 atom stereocenters. The van der Waals surface area contributed by atoms with E-state index in [1.807, 2.05) is 0 Å². The van der Waals surface area contributed by atoms with E-state index < -0.39 is 0 Å². The second-order valence-corrected chi connectivity index (χ2v) is 8.21. The topological polar surface area (TPSA) is 52.7 Å². The lowest BCUT2D eigenvalue weighted by Crippen LogP contribution is -2.37. The Morgan fingerprint density at radius 1 is 1.15 bits per heavy atom. The molecule has 0 aliphatic carbocycles. The van der Waals surface area contributed by atoms with Gasteiger partial charge in [0.15, 0.2) is 0 Å². The van der Waals surface area contributed by atoms with Crippen LogP contribution in [0, 0.1) is 6.92 Å². The van der Waals surface area contributed by atoms with E-state index in [1.165, 1.54) is 14.7 Å². The molecule has 0 radical (unpaired) electrons. The lowest BCUT2D eigenvalue weighted by molar-refractivity contribution is -0.117. The van der Waals surface area contributed by atoms with Gasteiger partial charge in [-0.25, -0.2) is 0 Å². The molecule has 1 aromatic carbocycles. The number of hydrogen-bond donors (Lipinski definition) is 1. The summed E-state index contributed by atoms with van der Waals surface area (Å²) in [5.41, 5.74) is 1.20. The number of rotatable bonds is 7. The molecule has 0 bridgehead atoms. The van der Waals surface area contributed by atoms with Gasteiger partial charge in [-0.1, -0.05) is 6.07 Å². The number of thiophene rings is 1. The lowest BCUT2D eigenvalue weighted by Gasteiger charge is -2.25. The highest BCUT2D eigenvalue weighted by Gasteiger charge is 2.16. The first kappa shape index (κ1) is 20.1. The number of aryl methyl sites for hydroxylation is 1. The summed E-state index contributed by atoms with van der Waals surface area (Å²) in [6.45, 7) is 7.32. The Bertz CT molecular complexity index is 768. The van der Waals surface area contributed by atoms with Gasteiger partial charge in [-0.15, -0.1) is 11.3 Å². The van der Waals surface area contributed by atoms with E-state index in [4.69, 9.17) is 0 Å². The largest absolute Gasteiger partial charge is 0.345 e. The van der Waals surface area contributed by atoms with E-state index in [0.29, 0.717) is 17.8 Å². The molecule has 0 saturated carbocycles. The van der Waals surface area contributed by atoms with Crippen LogP contribution in [0.2, 0.25) is 0 Å². The second kappa shape index (κ2) is 8.96. The number of hydrogen-bond acceptors (Lipinski definition) is 4. The Kier molecular flexibility index (Phi) is 6.94. The molecule has 26 heavy (non-hydrogen) atoms. The maximum atomic E-state index is 12.5. The summed E-state index contributed by atoms with van der Waals surface area (Å²) in [7, 11) is 3.42. The van der Waals surface area contributed by atoms with Crippen LogP contribution in [0.15, 0.2) is 36.4 Å². The summed E-state index contributed by atoms with van der Waals surface area (Å²) in [6, 6.07) is 11.5. The first-order valence-electron chi connectivity index (χ1n) is 8.67. The predicted octanol–water partition coefficient (Wildman–Crippen LogP) is 3.61. The highest BCUT2D eigenvalue weighted by Crippen LogP contribution is 2.18. The summed E-state index contributed by atoms with van der Waals surface area (Å²) in [6.07, 6.45) is 0. The molecule has 1 aromatic heterocycles. The first-order valence-corrected chi connectivity index (χ1v) is 9.49. The normalized spacial score (nSPS) is 11.0. The SMILES string of the molecule is Cc1ccc(CN(CC(=O)Nc2cccc(C(=O)N(C)C)c2)C(C)C)s1. The number of carbonyl (C=O) groups is 2. The fourth-order valence-electron chi connectivity index (χ4n) is 2.56. The average molecular weight is 374 g/mol. The van der Waals surface area contributed by atoms with Crippen LogP contribution in [0.1, 0.15) is 34.0 Å². The number of carbonyl (C=O) groups excluding carboxylic acids is 2. The smallest absolute Gasteiger partial charge is 0.253 e. The van der Waals surface area contributed by atoms with E-state index in [1.54, 1.807) is 49.7 Å². The molecule has 2 amide bonds. The number of amides is 2. The van der Waals surface area contributed by atoms with Crippen molar-refractivity contribution in [2.75, 3.05) is 26.0 Å². The van der Waals surface area contributed by atoms with Gasteiger partial charge in [0.05, 0.1) is 6.54 Å². The fraction of sp³-hybridized carbons (Fsp3) is 0.400. The van der Waals surface area contributed by atoms with Crippen molar-refractivity contribution in [1.29, 1.82) is 0 Å². The highest BCUT2D eigenvalue weighted by atomic mass is 32.1. The molecule has 140 valence electrons. The second-order valence-electron chi connectivity index (χ2n) is 6.84. The van der Waals surface area contributed by atoms with Gasteiger partial charge in [-0.05, 0) is 51.1 Å². The van der Waals surface area contributed by atoms with E-state index in [0.717, 1.165) is 6.54 Å². The van der Waals surface area contributed by atoms with Gasteiger partial charge >= 0.3 is 0 Å². The van der Waals surface area contributed by atoms with Crippen LogP contribution >= 0.6 is 11.3 Å². The van der Waals surface area contributed by atoms with E-state index >= 15 is 0 Å². The number of nitrogens with one attached hydrogen (secondary N) is 1. The van der Waals surface area contributed by atoms with Crippen molar-refractivity contribution in [1.82, 2.24) is 9.80 Å². The zero-order valence-electron chi connectivity index (χ0n) is 16.1. The van der Waals surface area contributed by atoms with Crippen LogP contribution in [0.3, 0.4) is 0 Å². The summed E-state index contributed by atoms with van der Waals surface area (Å²) >= 11 is 1.76. The average Bonchev–Trinajstić information content (AvgIpc) is 2.98. The van der Waals surface area contributed by atoms with Crippen molar-refractivity contribution >= 4 is 28.8 Å². The van der Waals surface area contributed by atoms with Crippen molar-refractivity contribution in [3.05, 3.63) is 51.7 Å². The Morgan fingerprint density at radius 3 is 2.46 bits per heavy atom. The predicted molar refractivity (Wildman–Crippen MR) is 108 cm³/mol. The van der Waals surface area contributed by atoms with Crippen LogP contribution < -0.4 is 5.32 Å². The van der Waals surface area contributed by atoms with Gasteiger partial charge in [0.25, 0.3) is 5.91 Å². The molecule has 6 heteroatoms. The molecule has 0 fully saturated rings. The standard InChI is InChI=1S/C20H27N3O2S/c1-14(2)23(12-18-10-9-15(3)26-18)13-19(24)21-17-8-6-7-16(11-17)20(25)22(4)5/h6-11,14H,12-13H2,1-5H3,(H,21,24). The number of nitrogens with zero attached hydrogens (tertiary/aromatic N) is 2. The molecular formula is C20H27N3O2S. The zero-order valence-corrected chi connectivity index (χ0v) is 16.9. The molecule has 5 nitrogen and oxygen atoms in total. The van der Waals surface area contributed by atoms with Gasteiger partial charge in [-0.2, -0.15) is 0 Å². The number of anilines is 1. The molecule has 0 saturated heterocycles. The molecule has 0 aliphatic heterocycles. The van der Waals surface area contributed by atoms with Gasteiger partial charge in [0.1, 0.15) is 0 Å². The molecule has 2 aromatic rings. The minimum atomic E-state index is -0.0852. The highest BCUT2D eigenvalue weighted by molar-refractivity contribution is 7.11. The van der Waals surface area contributed by atoms with Crippen molar-refractivity contribution in [2.45, 2.75) is 33.4 Å². The quantitative estimate of drug-likeness (QED) is 0.807. The van der Waals surface area contributed by atoms with Crippen molar-refractivity contribution in [3.63, 3.8) is 0 Å².